The van der Waals surface area contributed by atoms with Gasteiger partial charge in [0, 0.05) is 58.0 Å². The standard InChI is InChI=1S/C22H29N5O5S.C2HF3O2/c1-16(28)25-18-4-6-19(7-5-18)33(30,31)26-20-15-17(22(29)24-11-14-32-2)3-8-21(20)27-12-9-23-10-13-27;3-2(4,5)1(6)7/h3-8,15,23,26H,9-14H2,1-2H3,(H,24,29)(H,25,28);(H,6,7). The van der Waals surface area contributed by atoms with Crippen molar-refractivity contribution in [3.05, 3.63) is 48.0 Å². The van der Waals surface area contributed by atoms with Crippen LogP contribution >= 0.6 is 0 Å². The van der Waals surface area contributed by atoms with Gasteiger partial charge in [-0.15, -0.1) is 0 Å². The molecule has 0 radical (unpaired) electrons. The molecule has 0 saturated carbocycles. The minimum absolute atomic E-state index is 0.0396. The predicted octanol–water partition coefficient (Wildman–Crippen LogP) is 1.86. The zero-order valence-electron chi connectivity index (χ0n) is 21.7. The first-order valence-electron chi connectivity index (χ1n) is 11.8. The Kier molecular flexibility index (Phi) is 11.7. The smallest absolute Gasteiger partial charge is 0.475 e. The van der Waals surface area contributed by atoms with Crippen LogP contribution in [0.25, 0.3) is 0 Å². The van der Waals surface area contributed by atoms with E-state index in [9.17, 15) is 31.2 Å². The monoisotopic (exact) mass is 589 g/mol. The van der Waals surface area contributed by atoms with Crippen LogP contribution in [-0.4, -0.2) is 83.9 Å². The summed E-state index contributed by atoms with van der Waals surface area (Å²) >= 11 is 0. The van der Waals surface area contributed by atoms with Crippen LogP contribution in [0, 0.1) is 0 Å². The number of halogens is 3. The molecule has 2 aromatic rings. The topological polar surface area (TPSA) is 166 Å². The Hall–Kier alpha value is -3.89. The highest BCUT2D eigenvalue weighted by Gasteiger charge is 2.38. The molecule has 0 atom stereocenters. The Labute approximate surface area is 228 Å². The third kappa shape index (κ3) is 10.0. The largest absolute Gasteiger partial charge is 0.490 e. The van der Waals surface area contributed by atoms with Gasteiger partial charge in [0.2, 0.25) is 5.91 Å². The minimum Gasteiger partial charge on any atom is -0.475 e. The zero-order valence-corrected chi connectivity index (χ0v) is 22.5. The van der Waals surface area contributed by atoms with E-state index < -0.39 is 22.2 Å². The Morgan fingerprint density at radius 2 is 1.68 bits per heavy atom. The fraction of sp³-hybridized carbons (Fsp3) is 0.375. The van der Waals surface area contributed by atoms with Crippen LogP contribution in [0.4, 0.5) is 30.2 Å². The molecule has 1 aliphatic heterocycles. The summed E-state index contributed by atoms with van der Waals surface area (Å²) in [5.74, 6) is -3.32. The summed E-state index contributed by atoms with van der Waals surface area (Å²) in [5.41, 5.74) is 1.85. The first kappa shape index (κ1) is 32.3. The van der Waals surface area contributed by atoms with Crippen molar-refractivity contribution in [2.45, 2.75) is 18.0 Å². The van der Waals surface area contributed by atoms with E-state index in [0.29, 0.717) is 48.9 Å². The number of carbonyl (C=O) groups is 3. The number of carbonyl (C=O) groups excluding carboxylic acids is 2. The number of carboxylic acids is 1. The number of hydrogen-bond donors (Lipinski definition) is 5. The number of carboxylic acid groups (broad SMARTS) is 1. The molecule has 2 amide bonds. The summed E-state index contributed by atoms with van der Waals surface area (Å²) < 4.78 is 65.6. The molecule has 0 aliphatic carbocycles. The number of nitrogens with zero attached hydrogens (tertiary/aromatic N) is 1. The highest BCUT2D eigenvalue weighted by Crippen LogP contribution is 2.30. The van der Waals surface area contributed by atoms with Gasteiger partial charge in [-0.2, -0.15) is 13.2 Å². The molecule has 0 bridgehead atoms. The lowest BCUT2D eigenvalue weighted by Crippen LogP contribution is -2.43. The number of nitrogens with one attached hydrogen (secondary N) is 4. The molecule has 0 aromatic heterocycles. The molecule has 12 nitrogen and oxygen atoms in total. The lowest BCUT2D eigenvalue weighted by atomic mass is 10.1. The molecule has 40 heavy (non-hydrogen) atoms. The van der Waals surface area contributed by atoms with Gasteiger partial charge >= 0.3 is 12.1 Å². The van der Waals surface area contributed by atoms with Crippen molar-refractivity contribution in [2.75, 3.05) is 61.4 Å². The molecular weight excluding hydrogens is 559 g/mol. The van der Waals surface area contributed by atoms with Crippen LogP contribution in [0.3, 0.4) is 0 Å². The molecule has 1 aliphatic rings. The van der Waals surface area contributed by atoms with E-state index in [2.05, 4.69) is 25.6 Å². The molecule has 3 rings (SSSR count). The lowest BCUT2D eigenvalue weighted by molar-refractivity contribution is -0.192. The van der Waals surface area contributed by atoms with Gasteiger partial charge in [-0.1, -0.05) is 0 Å². The molecule has 0 unspecified atom stereocenters. The van der Waals surface area contributed by atoms with E-state index in [-0.39, 0.29) is 16.7 Å². The number of ether oxygens (including phenoxy) is 1. The zero-order chi connectivity index (χ0) is 29.9. The number of methoxy groups -OCH3 is 1. The number of piperazine rings is 1. The van der Waals surface area contributed by atoms with Crippen molar-refractivity contribution in [3.63, 3.8) is 0 Å². The van der Waals surface area contributed by atoms with E-state index in [4.69, 9.17) is 14.6 Å². The number of hydrogen-bond acceptors (Lipinski definition) is 8. The summed E-state index contributed by atoms with van der Waals surface area (Å²) in [6, 6.07) is 10.9. The van der Waals surface area contributed by atoms with Gasteiger partial charge in [-0.05, 0) is 42.5 Å². The molecule has 5 N–H and O–H groups in total. The third-order valence-corrected chi connectivity index (χ3v) is 6.66. The second-order valence-electron chi connectivity index (χ2n) is 8.33. The summed E-state index contributed by atoms with van der Waals surface area (Å²) in [6.45, 7) is 5.06. The quantitative estimate of drug-likeness (QED) is 0.275. The summed E-state index contributed by atoms with van der Waals surface area (Å²) in [7, 11) is -2.39. The van der Waals surface area contributed by atoms with Gasteiger partial charge in [0.05, 0.1) is 22.9 Å². The van der Waals surface area contributed by atoms with Gasteiger partial charge in [-0.25, -0.2) is 13.2 Å². The molecule has 2 aromatic carbocycles. The van der Waals surface area contributed by atoms with E-state index in [1.54, 1.807) is 25.3 Å². The van der Waals surface area contributed by atoms with Crippen molar-refractivity contribution < 1.29 is 45.8 Å². The van der Waals surface area contributed by atoms with Gasteiger partial charge in [0.15, 0.2) is 0 Å². The number of sulfonamides is 1. The Morgan fingerprint density at radius 3 is 2.20 bits per heavy atom. The van der Waals surface area contributed by atoms with E-state index in [1.807, 2.05) is 0 Å². The first-order chi connectivity index (χ1) is 18.7. The van der Waals surface area contributed by atoms with Gasteiger partial charge in [0.1, 0.15) is 0 Å². The molecule has 1 saturated heterocycles. The highest BCUT2D eigenvalue weighted by atomic mass is 32.2. The van der Waals surface area contributed by atoms with Crippen LogP contribution in [0.5, 0.6) is 0 Å². The lowest BCUT2D eigenvalue weighted by Gasteiger charge is -2.31. The Balaban J connectivity index is 0.000000708. The average Bonchev–Trinajstić information content (AvgIpc) is 2.89. The molecule has 0 spiro atoms. The number of anilines is 3. The predicted molar refractivity (Wildman–Crippen MR) is 141 cm³/mol. The number of benzene rings is 2. The average molecular weight is 590 g/mol. The SMILES string of the molecule is COCCNC(=O)c1ccc(N2CCNCC2)c(NS(=O)(=O)c2ccc(NC(C)=O)cc2)c1.O=C(O)C(F)(F)F. The van der Waals surface area contributed by atoms with Crippen molar-refractivity contribution >= 4 is 44.9 Å². The van der Waals surface area contributed by atoms with Crippen LogP contribution < -0.4 is 25.6 Å². The van der Waals surface area contributed by atoms with E-state index >= 15 is 0 Å². The van der Waals surface area contributed by atoms with E-state index in [0.717, 1.165) is 13.1 Å². The van der Waals surface area contributed by atoms with Gasteiger partial charge in [-0.3, -0.25) is 14.3 Å². The van der Waals surface area contributed by atoms with Crippen LogP contribution in [0.1, 0.15) is 17.3 Å². The number of rotatable bonds is 9. The normalized spacial score (nSPS) is 13.5. The van der Waals surface area contributed by atoms with Crippen LogP contribution in [0.2, 0.25) is 0 Å². The molecule has 1 heterocycles. The van der Waals surface area contributed by atoms with Crippen molar-refractivity contribution in [2.24, 2.45) is 0 Å². The highest BCUT2D eigenvalue weighted by molar-refractivity contribution is 7.92. The second kappa shape index (κ2) is 14.5. The van der Waals surface area contributed by atoms with Crippen LogP contribution in [0.15, 0.2) is 47.4 Å². The molecule has 16 heteroatoms. The van der Waals surface area contributed by atoms with Gasteiger partial charge < -0.3 is 30.7 Å². The summed E-state index contributed by atoms with van der Waals surface area (Å²) in [5, 5.41) is 15.7. The summed E-state index contributed by atoms with van der Waals surface area (Å²) in [6.07, 6.45) is -5.08. The van der Waals surface area contributed by atoms with Crippen molar-refractivity contribution in [1.29, 1.82) is 0 Å². The fourth-order valence-corrected chi connectivity index (χ4v) is 4.50. The maximum atomic E-state index is 13.1. The van der Waals surface area contributed by atoms with Gasteiger partial charge in [0.25, 0.3) is 15.9 Å². The number of aliphatic carboxylic acids is 1. The third-order valence-electron chi connectivity index (χ3n) is 5.28. The summed E-state index contributed by atoms with van der Waals surface area (Å²) in [4.78, 5) is 34.7. The molecule has 220 valence electrons. The second-order valence-corrected chi connectivity index (χ2v) is 10.0. The number of alkyl halides is 3. The first-order valence-corrected chi connectivity index (χ1v) is 13.3. The maximum Gasteiger partial charge on any atom is 0.490 e. The maximum absolute atomic E-state index is 13.1. The molecular formula is C24H30F3N5O7S. The Morgan fingerprint density at radius 1 is 1.07 bits per heavy atom. The fourth-order valence-electron chi connectivity index (χ4n) is 3.43. The van der Waals surface area contributed by atoms with Crippen molar-refractivity contribution in [1.82, 2.24) is 10.6 Å². The number of amides is 2. The Bertz CT molecular complexity index is 1280. The minimum atomic E-state index is -5.08. The van der Waals surface area contributed by atoms with Crippen LogP contribution in [-0.2, 0) is 24.3 Å². The van der Waals surface area contributed by atoms with E-state index in [1.165, 1.54) is 31.2 Å². The van der Waals surface area contributed by atoms with Crippen molar-refractivity contribution in [3.8, 4) is 0 Å². The molecule has 1 fully saturated rings.